The number of halogens is 3. The van der Waals surface area contributed by atoms with Crippen LogP contribution in [0.5, 0.6) is 5.75 Å². The molecule has 0 bridgehead atoms. The molecule has 0 aliphatic rings. The van der Waals surface area contributed by atoms with E-state index in [4.69, 9.17) is 4.74 Å². The zero-order valence-corrected chi connectivity index (χ0v) is 14.4. The molecule has 2 rings (SSSR count). The molecule has 0 aliphatic heterocycles. The van der Waals surface area contributed by atoms with Crippen molar-refractivity contribution in [2.45, 2.75) is 19.0 Å². The summed E-state index contributed by atoms with van der Waals surface area (Å²) in [4.78, 5) is 11.8. The Bertz CT molecular complexity index is 733. The van der Waals surface area contributed by atoms with Gasteiger partial charge in [0.15, 0.2) is 0 Å². The van der Waals surface area contributed by atoms with Gasteiger partial charge in [-0.05, 0) is 48.9 Å². The maximum Gasteiger partial charge on any atom is 0.416 e. The molecule has 0 aromatic heterocycles. The van der Waals surface area contributed by atoms with E-state index in [1.807, 2.05) is 24.3 Å². The Morgan fingerprint density at radius 3 is 2.58 bits per heavy atom. The van der Waals surface area contributed by atoms with E-state index in [9.17, 15) is 18.0 Å². The van der Waals surface area contributed by atoms with Gasteiger partial charge in [-0.1, -0.05) is 18.2 Å². The predicted molar refractivity (Wildman–Crippen MR) is 94.3 cm³/mol. The van der Waals surface area contributed by atoms with Crippen molar-refractivity contribution in [2.75, 3.05) is 25.5 Å². The first-order chi connectivity index (χ1) is 12.4. The van der Waals surface area contributed by atoms with Crippen molar-refractivity contribution in [3.05, 3.63) is 59.7 Å². The Labute approximate surface area is 150 Å². The van der Waals surface area contributed by atoms with Crippen LogP contribution < -0.4 is 15.4 Å². The monoisotopic (exact) mass is 366 g/mol. The maximum atomic E-state index is 12.6. The number of carbonyl (C=O) groups excluding carboxylic acids is 1. The lowest BCUT2D eigenvalue weighted by molar-refractivity contribution is -0.137. The molecular formula is C19H21F3N2O2. The fourth-order valence-electron chi connectivity index (χ4n) is 2.38. The van der Waals surface area contributed by atoms with Gasteiger partial charge in [-0.2, -0.15) is 13.2 Å². The van der Waals surface area contributed by atoms with E-state index in [1.54, 1.807) is 7.11 Å². The number of benzene rings is 2. The van der Waals surface area contributed by atoms with Gasteiger partial charge < -0.3 is 15.4 Å². The molecule has 0 atom stereocenters. The van der Waals surface area contributed by atoms with Gasteiger partial charge in [0, 0.05) is 18.7 Å². The number of alkyl halides is 3. The highest BCUT2D eigenvalue weighted by Crippen LogP contribution is 2.30. The first kappa shape index (κ1) is 19.8. The SMILES string of the molecule is COc1cccc(CCNCCC(=O)Nc2cccc(C(F)(F)F)c2)c1. The largest absolute Gasteiger partial charge is 0.497 e. The fraction of sp³-hybridized carbons (Fsp3) is 0.316. The molecule has 0 fully saturated rings. The highest BCUT2D eigenvalue weighted by molar-refractivity contribution is 5.90. The average Bonchev–Trinajstić information content (AvgIpc) is 2.61. The molecule has 0 unspecified atom stereocenters. The number of nitrogens with one attached hydrogen (secondary N) is 2. The Hall–Kier alpha value is -2.54. The summed E-state index contributed by atoms with van der Waals surface area (Å²) in [5.41, 5.74) is 0.471. The van der Waals surface area contributed by atoms with Crippen molar-refractivity contribution in [1.29, 1.82) is 0 Å². The Morgan fingerprint density at radius 1 is 1.08 bits per heavy atom. The summed E-state index contributed by atoms with van der Waals surface area (Å²) in [7, 11) is 1.61. The molecule has 0 saturated heterocycles. The summed E-state index contributed by atoms with van der Waals surface area (Å²) in [6.45, 7) is 1.12. The molecule has 0 aliphatic carbocycles. The minimum absolute atomic E-state index is 0.140. The van der Waals surface area contributed by atoms with Gasteiger partial charge in [-0.15, -0.1) is 0 Å². The van der Waals surface area contributed by atoms with E-state index >= 15 is 0 Å². The summed E-state index contributed by atoms with van der Waals surface area (Å²) >= 11 is 0. The molecule has 1 amide bonds. The van der Waals surface area contributed by atoms with Gasteiger partial charge in [-0.25, -0.2) is 0 Å². The highest BCUT2D eigenvalue weighted by atomic mass is 19.4. The number of methoxy groups -OCH3 is 1. The van der Waals surface area contributed by atoms with Crippen molar-refractivity contribution in [3.63, 3.8) is 0 Å². The van der Waals surface area contributed by atoms with E-state index in [-0.39, 0.29) is 18.0 Å². The molecule has 0 saturated carbocycles. The summed E-state index contributed by atoms with van der Waals surface area (Å²) in [5, 5.41) is 5.62. The summed E-state index contributed by atoms with van der Waals surface area (Å²) < 4.78 is 43.1. The zero-order valence-electron chi connectivity index (χ0n) is 14.4. The van der Waals surface area contributed by atoms with E-state index in [0.717, 1.165) is 29.9 Å². The smallest absolute Gasteiger partial charge is 0.416 e. The van der Waals surface area contributed by atoms with Crippen LogP contribution in [0, 0.1) is 0 Å². The molecule has 2 aromatic rings. The number of rotatable bonds is 8. The molecule has 2 N–H and O–H groups in total. The van der Waals surface area contributed by atoms with Crippen LogP contribution in [0.2, 0.25) is 0 Å². The number of carbonyl (C=O) groups is 1. The number of hydrogen-bond acceptors (Lipinski definition) is 3. The highest BCUT2D eigenvalue weighted by Gasteiger charge is 2.30. The van der Waals surface area contributed by atoms with Crippen molar-refractivity contribution in [2.24, 2.45) is 0 Å². The van der Waals surface area contributed by atoms with E-state index in [0.29, 0.717) is 13.1 Å². The van der Waals surface area contributed by atoms with Crippen molar-refractivity contribution < 1.29 is 22.7 Å². The minimum Gasteiger partial charge on any atom is -0.497 e. The van der Waals surface area contributed by atoms with Crippen LogP contribution in [0.15, 0.2) is 48.5 Å². The molecule has 7 heteroatoms. The average molecular weight is 366 g/mol. The summed E-state index contributed by atoms with van der Waals surface area (Å²) in [5.74, 6) is 0.459. The van der Waals surface area contributed by atoms with E-state index < -0.39 is 11.7 Å². The maximum absolute atomic E-state index is 12.6. The molecule has 0 heterocycles. The van der Waals surface area contributed by atoms with Gasteiger partial charge >= 0.3 is 6.18 Å². The molecule has 0 spiro atoms. The predicted octanol–water partition coefficient (Wildman–Crippen LogP) is 3.87. The Morgan fingerprint density at radius 2 is 1.85 bits per heavy atom. The van der Waals surface area contributed by atoms with Crippen molar-refractivity contribution in [3.8, 4) is 5.75 Å². The second kappa shape index (κ2) is 9.24. The van der Waals surface area contributed by atoms with Crippen LogP contribution in [0.3, 0.4) is 0 Å². The quantitative estimate of drug-likeness (QED) is 0.697. The zero-order chi connectivity index (χ0) is 19.0. The molecule has 0 radical (unpaired) electrons. The lowest BCUT2D eigenvalue weighted by Crippen LogP contribution is -2.23. The molecule has 26 heavy (non-hydrogen) atoms. The number of ether oxygens (including phenoxy) is 1. The first-order valence-electron chi connectivity index (χ1n) is 8.19. The lowest BCUT2D eigenvalue weighted by atomic mass is 10.1. The molecule has 2 aromatic carbocycles. The first-order valence-corrected chi connectivity index (χ1v) is 8.19. The van der Waals surface area contributed by atoms with Crippen LogP contribution in [0.4, 0.5) is 18.9 Å². The topological polar surface area (TPSA) is 50.4 Å². The van der Waals surface area contributed by atoms with Gasteiger partial charge in [0.25, 0.3) is 0 Å². The summed E-state index contributed by atoms with van der Waals surface area (Å²) in [6.07, 6.45) is -3.47. The van der Waals surface area contributed by atoms with Crippen LogP contribution in [0.25, 0.3) is 0 Å². The number of anilines is 1. The van der Waals surface area contributed by atoms with E-state index in [2.05, 4.69) is 10.6 Å². The van der Waals surface area contributed by atoms with Crippen LogP contribution in [0.1, 0.15) is 17.5 Å². The Balaban J connectivity index is 1.70. The molecule has 4 nitrogen and oxygen atoms in total. The second-order valence-electron chi connectivity index (χ2n) is 5.73. The number of amides is 1. The van der Waals surface area contributed by atoms with Gasteiger partial charge in [0.05, 0.1) is 12.7 Å². The van der Waals surface area contributed by atoms with Crippen LogP contribution >= 0.6 is 0 Å². The molecular weight excluding hydrogens is 345 g/mol. The number of hydrogen-bond donors (Lipinski definition) is 2. The third-order valence-electron chi connectivity index (χ3n) is 3.73. The van der Waals surface area contributed by atoms with Crippen LogP contribution in [-0.4, -0.2) is 26.1 Å². The Kier molecular flexibility index (Phi) is 7.03. The fourth-order valence-corrected chi connectivity index (χ4v) is 2.38. The normalized spacial score (nSPS) is 11.2. The lowest BCUT2D eigenvalue weighted by Gasteiger charge is -2.10. The van der Waals surface area contributed by atoms with Crippen molar-refractivity contribution >= 4 is 11.6 Å². The standard InChI is InChI=1S/C19H21F3N2O2/c1-26-17-7-2-4-14(12-17)8-10-23-11-9-18(25)24-16-6-3-5-15(13-16)19(20,21)22/h2-7,12-13,23H,8-11H2,1H3,(H,24,25). The summed E-state index contributed by atoms with van der Waals surface area (Å²) in [6, 6.07) is 12.3. The van der Waals surface area contributed by atoms with Gasteiger partial charge in [0.2, 0.25) is 5.91 Å². The van der Waals surface area contributed by atoms with Crippen LogP contribution in [-0.2, 0) is 17.4 Å². The van der Waals surface area contributed by atoms with Gasteiger partial charge in [0.1, 0.15) is 5.75 Å². The minimum atomic E-state index is -4.43. The third-order valence-corrected chi connectivity index (χ3v) is 3.73. The molecule has 140 valence electrons. The third kappa shape index (κ3) is 6.40. The van der Waals surface area contributed by atoms with Crippen molar-refractivity contribution in [1.82, 2.24) is 5.32 Å². The van der Waals surface area contributed by atoms with E-state index in [1.165, 1.54) is 12.1 Å². The van der Waals surface area contributed by atoms with Gasteiger partial charge in [-0.3, -0.25) is 4.79 Å². The second-order valence-corrected chi connectivity index (χ2v) is 5.73.